The van der Waals surface area contributed by atoms with Crippen LogP contribution in [-0.4, -0.2) is 11.2 Å². The van der Waals surface area contributed by atoms with Crippen molar-refractivity contribution in [2.45, 2.75) is 78.7 Å². The maximum absolute atomic E-state index is 10.3. The highest BCUT2D eigenvalue weighted by Crippen LogP contribution is 2.67. The Morgan fingerprint density at radius 1 is 1.07 bits per heavy atom. The average Bonchev–Trinajstić information content (AvgIpc) is 3.05. The molecule has 0 aromatic heterocycles. The quantitative estimate of drug-likeness (QED) is 0.542. The number of aryl methyl sites for hydroxylation is 1. The van der Waals surface area contributed by atoms with Gasteiger partial charge in [0.15, 0.2) is 0 Å². The number of allylic oxidation sites excluding steroid dienone is 3. The van der Waals surface area contributed by atoms with Crippen LogP contribution in [0.5, 0.6) is 0 Å². The lowest BCUT2D eigenvalue weighted by Gasteiger charge is -2.60. The molecule has 0 radical (unpaired) electrons. The van der Waals surface area contributed by atoms with Crippen molar-refractivity contribution in [3.63, 3.8) is 0 Å². The Hall–Kier alpha value is -1.34. The van der Waals surface area contributed by atoms with Crippen molar-refractivity contribution in [2.24, 2.45) is 34.5 Å². The Morgan fingerprint density at radius 3 is 2.62 bits per heavy atom. The molecule has 1 N–H and O–H groups in total. The molecule has 4 aliphatic carbocycles. The van der Waals surface area contributed by atoms with E-state index in [0.29, 0.717) is 16.7 Å². The molecule has 156 valence electrons. The van der Waals surface area contributed by atoms with Crippen molar-refractivity contribution < 1.29 is 5.11 Å². The summed E-state index contributed by atoms with van der Waals surface area (Å²) in [6, 6.07) is 9.17. The molecule has 29 heavy (non-hydrogen) atoms. The van der Waals surface area contributed by atoms with E-state index in [0.717, 1.165) is 30.6 Å². The van der Waals surface area contributed by atoms with Gasteiger partial charge in [0, 0.05) is 0 Å². The fourth-order valence-corrected chi connectivity index (χ4v) is 8.03. The van der Waals surface area contributed by atoms with Gasteiger partial charge < -0.3 is 5.11 Å². The first-order valence-electron chi connectivity index (χ1n) is 12.0. The van der Waals surface area contributed by atoms with Gasteiger partial charge in [-0.3, -0.25) is 0 Å². The van der Waals surface area contributed by atoms with Crippen molar-refractivity contribution in [1.29, 1.82) is 0 Å². The van der Waals surface area contributed by atoms with E-state index in [1.807, 2.05) is 0 Å². The summed E-state index contributed by atoms with van der Waals surface area (Å²) in [5.41, 5.74) is 6.69. The predicted molar refractivity (Wildman–Crippen MR) is 121 cm³/mol. The highest BCUT2D eigenvalue weighted by molar-refractivity contribution is 5.73. The van der Waals surface area contributed by atoms with Crippen molar-refractivity contribution in [3.8, 4) is 0 Å². The third kappa shape index (κ3) is 2.83. The summed E-state index contributed by atoms with van der Waals surface area (Å²) in [6.07, 6.45) is 13.4. The zero-order valence-electron chi connectivity index (χ0n) is 18.7. The van der Waals surface area contributed by atoms with E-state index < -0.39 is 0 Å². The summed E-state index contributed by atoms with van der Waals surface area (Å²) in [5.74, 6) is 3.04. The average molecular weight is 391 g/mol. The van der Waals surface area contributed by atoms with Gasteiger partial charge in [0.1, 0.15) is 0 Å². The number of rotatable bonds is 2. The Labute approximate surface area is 177 Å². The van der Waals surface area contributed by atoms with Gasteiger partial charge in [0.25, 0.3) is 0 Å². The first-order chi connectivity index (χ1) is 13.9. The molecule has 5 rings (SSSR count). The zero-order chi connectivity index (χ0) is 20.4. The molecule has 1 heteroatoms. The smallest absolute Gasteiger partial charge is 0.0577 e. The molecule has 0 unspecified atom stereocenters. The molecular formula is C28H38O. The van der Waals surface area contributed by atoms with Gasteiger partial charge in [0.2, 0.25) is 0 Å². The fraction of sp³-hybridized carbons (Fsp3) is 0.643. The number of aliphatic hydroxyl groups is 1. The molecule has 0 heterocycles. The summed E-state index contributed by atoms with van der Waals surface area (Å²) < 4.78 is 0. The summed E-state index contributed by atoms with van der Waals surface area (Å²) in [7, 11) is 0. The van der Waals surface area contributed by atoms with Crippen LogP contribution in [0, 0.1) is 41.4 Å². The first-order valence-corrected chi connectivity index (χ1v) is 12.0. The molecule has 0 aliphatic heterocycles. The molecule has 2 saturated carbocycles. The summed E-state index contributed by atoms with van der Waals surface area (Å²) >= 11 is 0. The first kappa shape index (κ1) is 19.6. The van der Waals surface area contributed by atoms with Gasteiger partial charge in [-0.05, 0) is 97.5 Å². The molecule has 1 aromatic carbocycles. The second-order valence-corrected chi connectivity index (χ2v) is 11.0. The highest BCUT2D eigenvalue weighted by atomic mass is 16.3. The van der Waals surface area contributed by atoms with Crippen LogP contribution in [-0.2, 0) is 0 Å². The minimum Gasteiger partial charge on any atom is -0.393 e. The Balaban J connectivity index is 1.53. The number of hydrogen-bond acceptors (Lipinski definition) is 1. The van der Waals surface area contributed by atoms with E-state index in [1.165, 1.54) is 43.2 Å². The van der Waals surface area contributed by atoms with E-state index in [-0.39, 0.29) is 6.10 Å². The number of aliphatic hydroxyl groups excluding tert-OH is 1. The van der Waals surface area contributed by atoms with E-state index in [1.54, 1.807) is 11.1 Å². The van der Waals surface area contributed by atoms with Crippen molar-refractivity contribution in [2.75, 3.05) is 0 Å². The van der Waals surface area contributed by atoms with Crippen LogP contribution < -0.4 is 0 Å². The lowest BCUT2D eigenvalue weighted by molar-refractivity contribution is -0.0464. The maximum atomic E-state index is 10.3. The minimum absolute atomic E-state index is 0.113. The molecular weight excluding hydrogens is 352 g/mol. The monoisotopic (exact) mass is 390 g/mol. The second-order valence-electron chi connectivity index (χ2n) is 11.0. The third-order valence-corrected chi connectivity index (χ3v) is 9.63. The maximum Gasteiger partial charge on any atom is 0.0577 e. The number of fused-ring (bicyclic) bond motifs is 5. The molecule has 2 fully saturated rings. The number of hydrogen-bond donors (Lipinski definition) is 1. The van der Waals surface area contributed by atoms with Crippen molar-refractivity contribution >= 4 is 5.57 Å². The van der Waals surface area contributed by atoms with Gasteiger partial charge >= 0.3 is 0 Å². The summed E-state index contributed by atoms with van der Waals surface area (Å²) in [4.78, 5) is 0. The zero-order valence-corrected chi connectivity index (χ0v) is 18.7. The predicted octanol–water partition coefficient (Wildman–Crippen LogP) is 6.95. The number of benzene rings is 1. The largest absolute Gasteiger partial charge is 0.393 e. The van der Waals surface area contributed by atoms with E-state index in [2.05, 4.69) is 64.1 Å². The van der Waals surface area contributed by atoms with E-state index in [4.69, 9.17) is 0 Å². The molecule has 7 atom stereocenters. The van der Waals surface area contributed by atoms with Gasteiger partial charge in [-0.1, -0.05) is 68.3 Å². The summed E-state index contributed by atoms with van der Waals surface area (Å²) in [6.45, 7) is 9.72. The molecule has 0 bridgehead atoms. The standard InChI is InChI=1S/C28H38O/c1-5-19-16-21-17-22(29)11-13-27(21,3)25-12-14-28(4)23(9-10-24(28)26(19)25)20-8-6-7-18(2)15-20/h6-9,15-16,19,22,24-26,29H,5,10-14,17H2,1-4H3/t19-,22-,24-,25-,26-,27-,28+/m0/s1. The fourth-order valence-electron chi connectivity index (χ4n) is 8.03. The van der Waals surface area contributed by atoms with E-state index in [9.17, 15) is 5.11 Å². The topological polar surface area (TPSA) is 20.2 Å². The molecule has 1 nitrogen and oxygen atoms in total. The molecule has 0 amide bonds. The van der Waals surface area contributed by atoms with Crippen LogP contribution in [0.3, 0.4) is 0 Å². The van der Waals surface area contributed by atoms with Gasteiger partial charge in [-0.15, -0.1) is 0 Å². The highest BCUT2D eigenvalue weighted by Gasteiger charge is 2.58. The van der Waals surface area contributed by atoms with Crippen molar-refractivity contribution in [1.82, 2.24) is 0 Å². The SMILES string of the molecule is CC[C@H]1C=C2C[C@@H](O)CC[C@]2(C)[C@H]2CC[C@]3(C)C(c4cccc(C)c4)=CC[C@H]3[C@H]12. The second kappa shape index (κ2) is 6.84. The van der Waals surface area contributed by atoms with E-state index >= 15 is 0 Å². The lowest BCUT2D eigenvalue weighted by Crippen LogP contribution is -2.52. The van der Waals surface area contributed by atoms with Gasteiger partial charge in [-0.25, -0.2) is 0 Å². The van der Waals surface area contributed by atoms with Crippen LogP contribution >= 0.6 is 0 Å². The molecule has 1 aromatic rings. The minimum atomic E-state index is -0.113. The van der Waals surface area contributed by atoms with Gasteiger partial charge in [0.05, 0.1) is 6.10 Å². The Bertz CT molecular complexity index is 863. The Kier molecular flexibility index (Phi) is 4.63. The van der Waals surface area contributed by atoms with Crippen molar-refractivity contribution in [3.05, 3.63) is 53.1 Å². The normalized spacial score (nSPS) is 43.7. The van der Waals surface area contributed by atoms with Crippen LogP contribution in [0.15, 0.2) is 42.0 Å². The lowest BCUT2D eigenvalue weighted by atomic mass is 9.45. The van der Waals surface area contributed by atoms with Crippen LogP contribution in [0.1, 0.15) is 76.8 Å². The molecule has 4 aliphatic rings. The van der Waals surface area contributed by atoms with Crippen LogP contribution in [0.4, 0.5) is 0 Å². The third-order valence-electron chi connectivity index (χ3n) is 9.63. The molecule has 0 saturated heterocycles. The van der Waals surface area contributed by atoms with Gasteiger partial charge in [-0.2, -0.15) is 0 Å². The van der Waals surface area contributed by atoms with Crippen LogP contribution in [0.25, 0.3) is 5.57 Å². The Morgan fingerprint density at radius 2 is 1.86 bits per heavy atom. The molecule has 0 spiro atoms. The van der Waals surface area contributed by atoms with Crippen LogP contribution in [0.2, 0.25) is 0 Å². The summed E-state index contributed by atoms with van der Waals surface area (Å²) in [5, 5.41) is 10.3.